The SMILES string of the molecule is COCC#Cc1cc([N+](=O)[O-])cc(C(F)(F)F)c1. The number of rotatable bonds is 2. The highest BCUT2D eigenvalue weighted by molar-refractivity contribution is 5.47. The van der Waals surface area contributed by atoms with Crippen molar-refractivity contribution in [1.29, 1.82) is 0 Å². The van der Waals surface area contributed by atoms with Crippen molar-refractivity contribution in [2.75, 3.05) is 13.7 Å². The monoisotopic (exact) mass is 259 g/mol. The average molecular weight is 259 g/mol. The number of halogens is 3. The highest BCUT2D eigenvalue weighted by Gasteiger charge is 2.32. The van der Waals surface area contributed by atoms with Crippen LogP contribution >= 0.6 is 0 Å². The van der Waals surface area contributed by atoms with Gasteiger partial charge in [-0.1, -0.05) is 11.8 Å². The Bertz CT molecular complexity index is 514. The van der Waals surface area contributed by atoms with Crippen molar-refractivity contribution < 1.29 is 22.8 Å². The molecule has 0 radical (unpaired) electrons. The lowest BCUT2D eigenvalue weighted by atomic mass is 10.1. The molecule has 0 saturated heterocycles. The molecule has 1 aromatic carbocycles. The van der Waals surface area contributed by atoms with Crippen LogP contribution in [-0.2, 0) is 10.9 Å². The van der Waals surface area contributed by atoms with Gasteiger partial charge in [0.15, 0.2) is 0 Å². The number of hydrogen-bond acceptors (Lipinski definition) is 3. The summed E-state index contributed by atoms with van der Waals surface area (Å²) in [7, 11) is 1.38. The largest absolute Gasteiger partial charge is 0.416 e. The lowest BCUT2D eigenvalue weighted by Gasteiger charge is -2.06. The molecule has 0 N–H and O–H groups in total. The quantitative estimate of drug-likeness (QED) is 0.466. The van der Waals surface area contributed by atoms with Crippen molar-refractivity contribution in [3.05, 3.63) is 39.4 Å². The fourth-order valence-corrected chi connectivity index (χ4v) is 1.16. The first-order valence-electron chi connectivity index (χ1n) is 4.69. The van der Waals surface area contributed by atoms with Crippen LogP contribution in [0.4, 0.5) is 18.9 Å². The highest BCUT2D eigenvalue weighted by atomic mass is 19.4. The molecule has 7 heteroatoms. The second-order valence-electron chi connectivity index (χ2n) is 3.26. The van der Waals surface area contributed by atoms with E-state index in [9.17, 15) is 23.3 Å². The molecular formula is C11H8F3NO3. The van der Waals surface area contributed by atoms with Crippen LogP contribution in [0.3, 0.4) is 0 Å². The Morgan fingerprint density at radius 3 is 2.56 bits per heavy atom. The lowest BCUT2D eigenvalue weighted by Crippen LogP contribution is -2.06. The van der Waals surface area contributed by atoms with Gasteiger partial charge in [0.1, 0.15) is 6.61 Å². The van der Waals surface area contributed by atoms with Gasteiger partial charge in [-0.2, -0.15) is 13.2 Å². The van der Waals surface area contributed by atoms with Crippen LogP contribution in [-0.4, -0.2) is 18.6 Å². The van der Waals surface area contributed by atoms with Crippen molar-refractivity contribution in [3.8, 4) is 11.8 Å². The summed E-state index contributed by atoms with van der Waals surface area (Å²) in [5, 5.41) is 10.5. The minimum atomic E-state index is -4.65. The van der Waals surface area contributed by atoms with Crippen LogP contribution in [0.25, 0.3) is 0 Å². The number of nitro benzene ring substituents is 1. The number of non-ortho nitro benzene ring substituents is 1. The van der Waals surface area contributed by atoms with E-state index in [1.807, 2.05) is 0 Å². The summed E-state index contributed by atoms with van der Waals surface area (Å²) in [4.78, 5) is 9.64. The van der Waals surface area contributed by atoms with E-state index in [0.29, 0.717) is 6.07 Å². The minimum Gasteiger partial charge on any atom is -0.372 e. The number of methoxy groups -OCH3 is 1. The molecule has 0 aliphatic rings. The molecule has 96 valence electrons. The van der Waals surface area contributed by atoms with Gasteiger partial charge in [-0.25, -0.2) is 0 Å². The first-order valence-corrected chi connectivity index (χ1v) is 4.69. The van der Waals surface area contributed by atoms with Crippen molar-refractivity contribution in [1.82, 2.24) is 0 Å². The van der Waals surface area contributed by atoms with Gasteiger partial charge in [0, 0.05) is 24.8 Å². The lowest BCUT2D eigenvalue weighted by molar-refractivity contribution is -0.385. The smallest absolute Gasteiger partial charge is 0.372 e. The summed E-state index contributed by atoms with van der Waals surface area (Å²) in [6.07, 6.45) is -4.65. The maximum absolute atomic E-state index is 12.5. The molecule has 0 aromatic heterocycles. The third-order valence-electron chi connectivity index (χ3n) is 1.91. The summed E-state index contributed by atoms with van der Waals surface area (Å²) >= 11 is 0. The second kappa shape index (κ2) is 5.51. The molecule has 18 heavy (non-hydrogen) atoms. The highest BCUT2D eigenvalue weighted by Crippen LogP contribution is 2.32. The summed E-state index contributed by atoms with van der Waals surface area (Å²) in [6, 6.07) is 2.22. The Hall–Kier alpha value is -2.07. The molecule has 0 saturated carbocycles. The summed E-state index contributed by atoms with van der Waals surface area (Å²) in [5.41, 5.74) is -1.82. The number of benzene rings is 1. The van der Waals surface area contributed by atoms with Gasteiger partial charge < -0.3 is 4.74 Å². The van der Waals surface area contributed by atoms with Gasteiger partial charge in [0.05, 0.1) is 10.5 Å². The molecule has 0 amide bonds. The number of alkyl halides is 3. The Kier molecular flexibility index (Phi) is 4.28. The fourth-order valence-electron chi connectivity index (χ4n) is 1.16. The zero-order valence-corrected chi connectivity index (χ0v) is 9.25. The Morgan fingerprint density at radius 1 is 1.39 bits per heavy atom. The molecule has 0 fully saturated rings. The number of nitro groups is 1. The molecule has 0 heterocycles. The Morgan fingerprint density at radius 2 is 2.06 bits per heavy atom. The van der Waals surface area contributed by atoms with Gasteiger partial charge in [-0.15, -0.1) is 0 Å². The van der Waals surface area contributed by atoms with Gasteiger partial charge in [-0.05, 0) is 6.07 Å². The van der Waals surface area contributed by atoms with Crippen molar-refractivity contribution >= 4 is 5.69 Å². The number of hydrogen-bond donors (Lipinski definition) is 0. The van der Waals surface area contributed by atoms with Crippen molar-refractivity contribution in [2.45, 2.75) is 6.18 Å². The maximum Gasteiger partial charge on any atom is 0.416 e. The predicted molar refractivity (Wildman–Crippen MR) is 56.9 cm³/mol. The van der Waals surface area contributed by atoms with E-state index in [2.05, 4.69) is 16.6 Å². The molecule has 1 rings (SSSR count). The standard InChI is InChI=1S/C11H8F3NO3/c1-18-4-2-3-8-5-9(11(12,13)14)7-10(6-8)15(16)17/h5-7H,4H2,1H3. The van der Waals surface area contributed by atoms with E-state index in [1.54, 1.807) is 0 Å². The van der Waals surface area contributed by atoms with Crippen molar-refractivity contribution in [3.63, 3.8) is 0 Å². The van der Waals surface area contributed by atoms with Crippen molar-refractivity contribution in [2.24, 2.45) is 0 Å². The first kappa shape index (κ1) is 14.0. The topological polar surface area (TPSA) is 52.4 Å². The first-order chi connectivity index (χ1) is 8.34. The van der Waals surface area contributed by atoms with E-state index in [1.165, 1.54) is 7.11 Å². The van der Waals surface area contributed by atoms with Gasteiger partial charge >= 0.3 is 6.18 Å². The van der Waals surface area contributed by atoms with E-state index in [0.717, 1.165) is 12.1 Å². The molecular weight excluding hydrogens is 251 g/mol. The third kappa shape index (κ3) is 3.75. The van der Waals surface area contributed by atoms with Gasteiger partial charge in [0.25, 0.3) is 5.69 Å². The average Bonchev–Trinajstić information content (AvgIpc) is 2.28. The summed E-state index contributed by atoms with van der Waals surface area (Å²) in [5.74, 6) is 4.81. The molecule has 0 spiro atoms. The molecule has 1 aromatic rings. The molecule has 0 unspecified atom stereocenters. The van der Waals surface area contributed by atoms with Crippen LogP contribution in [0.1, 0.15) is 11.1 Å². The van der Waals surface area contributed by atoms with Crippen LogP contribution in [0.15, 0.2) is 18.2 Å². The van der Waals surface area contributed by atoms with Crippen LogP contribution in [0.2, 0.25) is 0 Å². The molecule has 0 aliphatic carbocycles. The van der Waals surface area contributed by atoms with Gasteiger partial charge in [0.2, 0.25) is 0 Å². The Labute approximate surface area is 101 Å². The van der Waals surface area contributed by atoms with E-state index in [4.69, 9.17) is 0 Å². The van der Waals surface area contributed by atoms with E-state index >= 15 is 0 Å². The normalized spacial score (nSPS) is 10.7. The van der Waals surface area contributed by atoms with Gasteiger partial charge in [-0.3, -0.25) is 10.1 Å². The summed E-state index contributed by atoms with van der Waals surface area (Å²) in [6.45, 7) is 0.0318. The third-order valence-corrected chi connectivity index (χ3v) is 1.91. The van der Waals surface area contributed by atoms with E-state index < -0.39 is 22.4 Å². The van der Waals surface area contributed by atoms with Crippen LogP contribution in [0, 0.1) is 22.0 Å². The molecule has 0 atom stereocenters. The number of ether oxygens (including phenoxy) is 1. The molecule has 0 bridgehead atoms. The zero-order chi connectivity index (χ0) is 13.8. The predicted octanol–water partition coefficient (Wildman–Crippen LogP) is 2.61. The number of nitrogens with zero attached hydrogens (tertiary/aromatic N) is 1. The molecule has 4 nitrogen and oxygen atoms in total. The zero-order valence-electron chi connectivity index (χ0n) is 9.25. The van der Waals surface area contributed by atoms with Crippen LogP contribution in [0.5, 0.6) is 0 Å². The maximum atomic E-state index is 12.5. The Balaban J connectivity index is 3.24. The minimum absolute atomic E-state index is 0.0318. The molecule has 0 aliphatic heterocycles. The van der Waals surface area contributed by atoms with E-state index in [-0.39, 0.29) is 12.2 Å². The fraction of sp³-hybridized carbons (Fsp3) is 0.273. The van der Waals surface area contributed by atoms with Crippen LogP contribution < -0.4 is 0 Å². The summed E-state index contributed by atoms with van der Waals surface area (Å²) < 4.78 is 42.1. The second-order valence-corrected chi connectivity index (χ2v) is 3.26.